The van der Waals surface area contributed by atoms with E-state index in [1.165, 1.54) is 44.8 Å². The average molecular weight is 379 g/mol. The van der Waals surface area contributed by atoms with Gasteiger partial charge < -0.3 is 10.2 Å². The van der Waals surface area contributed by atoms with Gasteiger partial charge in [-0.15, -0.1) is 0 Å². The molecule has 0 atom stereocenters. The molecule has 2 amide bonds. The lowest BCUT2D eigenvalue weighted by Crippen LogP contribution is -2.40. The van der Waals surface area contributed by atoms with Crippen molar-refractivity contribution in [1.82, 2.24) is 10.2 Å². The van der Waals surface area contributed by atoms with Crippen molar-refractivity contribution in [2.24, 2.45) is 5.41 Å². The maximum absolute atomic E-state index is 12.5. The quantitative estimate of drug-likeness (QED) is 0.871. The van der Waals surface area contributed by atoms with E-state index in [9.17, 15) is 13.2 Å². The second kappa shape index (κ2) is 7.99. The van der Waals surface area contributed by atoms with Crippen molar-refractivity contribution in [2.75, 3.05) is 19.3 Å². The number of nitrogens with zero attached hydrogens (tertiary/aromatic N) is 1. The van der Waals surface area contributed by atoms with E-state index in [1.807, 2.05) is 4.90 Å². The highest BCUT2D eigenvalue weighted by molar-refractivity contribution is 7.90. The number of hydrogen-bond donors (Lipinski definition) is 1. The molecule has 1 spiro atoms. The maximum Gasteiger partial charge on any atom is 0.317 e. The molecule has 3 rings (SSSR count). The third kappa shape index (κ3) is 4.78. The van der Waals surface area contributed by atoms with Crippen LogP contribution in [-0.2, 0) is 16.4 Å². The summed E-state index contributed by atoms with van der Waals surface area (Å²) in [5.74, 6) is 0. The van der Waals surface area contributed by atoms with Crippen LogP contribution in [0, 0.1) is 5.41 Å². The maximum atomic E-state index is 12.5. The largest absolute Gasteiger partial charge is 0.334 e. The highest BCUT2D eigenvalue weighted by atomic mass is 32.2. The van der Waals surface area contributed by atoms with Gasteiger partial charge in [0.15, 0.2) is 9.84 Å². The monoisotopic (exact) mass is 378 g/mol. The van der Waals surface area contributed by atoms with Crippen LogP contribution < -0.4 is 5.32 Å². The smallest absolute Gasteiger partial charge is 0.317 e. The Morgan fingerprint density at radius 1 is 1.00 bits per heavy atom. The molecule has 1 aromatic carbocycles. The second-order valence-corrected chi connectivity index (χ2v) is 9.99. The van der Waals surface area contributed by atoms with E-state index < -0.39 is 9.84 Å². The Labute approximate surface area is 157 Å². The zero-order valence-electron chi connectivity index (χ0n) is 15.7. The molecule has 1 saturated carbocycles. The first-order valence-electron chi connectivity index (χ1n) is 9.70. The Balaban J connectivity index is 1.52. The lowest BCUT2D eigenvalue weighted by Gasteiger charge is -2.36. The summed E-state index contributed by atoms with van der Waals surface area (Å²) in [7, 11) is -3.18. The molecule has 26 heavy (non-hydrogen) atoms. The number of carbonyl (C=O) groups excluding carboxylic acids is 1. The Bertz CT molecular complexity index is 722. The summed E-state index contributed by atoms with van der Waals surface area (Å²) < 4.78 is 23.0. The Hall–Kier alpha value is -1.56. The molecule has 144 valence electrons. The molecule has 0 unspecified atom stereocenters. The summed E-state index contributed by atoms with van der Waals surface area (Å²) in [5, 5.41) is 2.98. The number of hydrogen-bond acceptors (Lipinski definition) is 3. The predicted molar refractivity (Wildman–Crippen MR) is 103 cm³/mol. The first-order valence-corrected chi connectivity index (χ1v) is 11.6. The summed E-state index contributed by atoms with van der Waals surface area (Å²) in [6.45, 7) is 2.10. The van der Waals surface area contributed by atoms with Crippen molar-refractivity contribution in [2.45, 2.75) is 62.8 Å². The number of urea groups is 1. The molecule has 1 N–H and O–H groups in total. The van der Waals surface area contributed by atoms with Crippen LogP contribution >= 0.6 is 0 Å². The molecule has 1 aliphatic carbocycles. The summed E-state index contributed by atoms with van der Waals surface area (Å²) in [4.78, 5) is 14.8. The minimum absolute atomic E-state index is 0.00921. The molecule has 0 radical (unpaired) electrons. The zero-order chi connectivity index (χ0) is 18.6. The van der Waals surface area contributed by atoms with Crippen LogP contribution in [0.3, 0.4) is 0 Å². The fourth-order valence-corrected chi connectivity index (χ4v) is 5.03. The van der Waals surface area contributed by atoms with Crippen LogP contribution in [0.15, 0.2) is 29.2 Å². The van der Waals surface area contributed by atoms with E-state index in [2.05, 4.69) is 5.32 Å². The van der Waals surface area contributed by atoms with Gasteiger partial charge in [0, 0.05) is 25.9 Å². The molecule has 1 aliphatic heterocycles. The minimum atomic E-state index is -3.18. The number of carbonyl (C=O) groups is 1. The molecule has 2 fully saturated rings. The Kier molecular flexibility index (Phi) is 5.90. The van der Waals surface area contributed by atoms with Crippen molar-refractivity contribution >= 4 is 15.9 Å². The lowest BCUT2D eigenvalue weighted by molar-refractivity contribution is 0.157. The molecule has 2 aliphatic rings. The molecule has 1 heterocycles. The normalized spacial score (nSPS) is 20.6. The molecule has 0 bridgehead atoms. The standard InChI is InChI=1S/C20H30N2O3S/c1-26(24,25)18-8-6-17(7-9-18)16-21-19(23)22-14-5-12-20(13-15-22)10-3-2-4-11-20/h6-9H,2-5,10-16H2,1H3,(H,21,23). The van der Waals surface area contributed by atoms with Crippen molar-refractivity contribution in [1.29, 1.82) is 0 Å². The third-order valence-electron chi connectivity index (χ3n) is 6.04. The van der Waals surface area contributed by atoms with Crippen molar-refractivity contribution < 1.29 is 13.2 Å². The average Bonchev–Trinajstić information content (AvgIpc) is 2.83. The van der Waals surface area contributed by atoms with Crippen molar-refractivity contribution in [3.05, 3.63) is 29.8 Å². The van der Waals surface area contributed by atoms with Crippen LogP contribution in [0.4, 0.5) is 4.79 Å². The van der Waals surface area contributed by atoms with Gasteiger partial charge in [0.2, 0.25) is 0 Å². The van der Waals surface area contributed by atoms with E-state index in [0.29, 0.717) is 16.9 Å². The Morgan fingerprint density at radius 2 is 1.65 bits per heavy atom. The van der Waals surface area contributed by atoms with Gasteiger partial charge in [0.1, 0.15) is 0 Å². The highest BCUT2D eigenvalue weighted by Crippen LogP contribution is 2.44. The van der Waals surface area contributed by atoms with Gasteiger partial charge in [0.05, 0.1) is 4.90 Å². The van der Waals surface area contributed by atoms with Gasteiger partial charge in [-0.05, 0) is 55.2 Å². The first-order chi connectivity index (χ1) is 12.4. The van der Waals surface area contributed by atoms with Crippen LogP contribution in [0.25, 0.3) is 0 Å². The van der Waals surface area contributed by atoms with E-state index in [1.54, 1.807) is 24.3 Å². The van der Waals surface area contributed by atoms with Gasteiger partial charge in [-0.2, -0.15) is 0 Å². The molecule has 0 aromatic heterocycles. The highest BCUT2D eigenvalue weighted by Gasteiger charge is 2.34. The van der Waals surface area contributed by atoms with Crippen LogP contribution in [-0.4, -0.2) is 38.7 Å². The number of amides is 2. The third-order valence-corrected chi connectivity index (χ3v) is 7.17. The molecule has 1 saturated heterocycles. The predicted octanol–water partition coefficient (Wildman–Crippen LogP) is 3.74. The second-order valence-electron chi connectivity index (χ2n) is 7.98. The number of rotatable bonds is 3. The molecule has 5 nitrogen and oxygen atoms in total. The summed E-state index contributed by atoms with van der Waals surface area (Å²) in [6.07, 6.45) is 11.4. The first kappa shape index (κ1) is 19.2. The summed E-state index contributed by atoms with van der Waals surface area (Å²) in [6, 6.07) is 6.70. The molecular formula is C20H30N2O3S. The van der Waals surface area contributed by atoms with Gasteiger partial charge in [0.25, 0.3) is 0 Å². The van der Waals surface area contributed by atoms with Crippen LogP contribution in [0.5, 0.6) is 0 Å². The van der Waals surface area contributed by atoms with Crippen LogP contribution in [0.2, 0.25) is 0 Å². The SMILES string of the molecule is CS(=O)(=O)c1ccc(CNC(=O)N2CCCC3(CCCCC3)CC2)cc1. The number of likely N-dealkylation sites (tertiary alicyclic amines) is 1. The van der Waals surface area contributed by atoms with Crippen molar-refractivity contribution in [3.8, 4) is 0 Å². The van der Waals surface area contributed by atoms with E-state index in [4.69, 9.17) is 0 Å². The van der Waals surface area contributed by atoms with E-state index in [0.717, 1.165) is 31.5 Å². The van der Waals surface area contributed by atoms with E-state index in [-0.39, 0.29) is 6.03 Å². The fourth-order valence-electron chi connectivity index (χ4n) is 4.40. The van der Waals surface area contributed by atoms with Gasteiger partial charge in [-0.25, -0.2) is 13.2 Å². The van der Waals surface area contributed by atoms with Crippen molar-refractivity contribution in [3.63, 3.8) is 0 Å². The number of sulfone groups is 1. The minimum Gasteiger partial charge on any atom is -0.334 e. The zero-order valence-corrected chi connectivity index (χ0v) is 16.5. The number of nitrogens with one attached hydrogen (secondary N) is 1. The van der Waals surface area contributed by atoms with Gasteiger partial charge in [-0.3, -0.25) is 0 Å². The summed E-state index contributed by atoms with van der Waals surface area (Å²) >= 11 is 0. The summed E-state index contributed by atoms with van der Waals surface area (Å²) in [5.41, 5.74) is 1.39. The van der Waals surface area contributed by atoms with Gasteiger partial charge in [-0.1, -0.05) is 31.4 Å². The number of benzene rings is 1. The molecule has 6 heteroatoms. The van der Waals surface area contributed by atoms with E-state index >= 15 is 0 Å². The van der Waals surface area contributed by atoms with Gasteiger partial charge >= 0.3 is 6.03 Å². The van der Waals surface area contributed by atoms with Crippen LogP contribution in [0.1, 0.15) is 56.9 Å². The molecule has 1 aromatic rings. The Morgan fingerprint density at radius 3 is 2.31 bits per heavy atom. The lowest BCUT2D eigenvalue weighted by atomic mass is 9.69. The fraction of sp³-hybridized carbons (Fsp3) is 0.650. The topological polar surface area (TPSA) is 66.5 Å². The molecular weight excluding hydrogens is 348 g/mol.